The molecule has 94 valence electrons. The molecule has 0 amide bonds. The van der Waals surface area contributed by atoms with E-state index >= 15 is 0 Å². The van der Waals surface area contributed by atoms with Gasteiger partial charge in [0.2, 0.25) is 0 Å². The second-order valence-corrected chi connectivity index (χ2v) is 4.72. The molecule has 0 aromatic heterocycles. The lowest BCUT2D eigenvalue weighted by atomic mass is 9.73. The van der Waals surface area contributed by atoms with Crippen LogP contribution in [0.1, 0.15) is 34.6 Å². The number of carbonyl (C=O) groups is 1. The average molecular weight is 228 g/mol. The first kappa shape index (κ1) is 15.2. The number of carbonyl (C=O) groups excluding carboxylic acids is 1. The lowest BCUT2D eigenvalue weighted by Crippen LogP contribution is -2.48. The van der Waals surface area contributed by atoms with Crippen LogP contribution in [0.3, 0.4) is 0 Å². The third-order valence-corrected chi connectivity index (χ3v) is 2.96. The van der Waals surface area contributed by atoms with Crippen molar-refractivity contribution in [2.45, 2.75) is 40.2 Å². The highest BCUT2D eigenvalue weighted by Gasteiger charge is 2.44. The summed E-state index contributed by atoms with van der Waals surface area (Å²) in [6, 6.07) is 0. The summed E-state index contributed by atoms with van der Waals surface area (Å²) in [7, 11) is 0. The minimum absolute atomic E-state index is 0.00412. The van der Waals surface area contributed by atoms with Gasteiger partial charge in [-0.3, -0.25) is 4.79 Å². The summed E-state index contributed by atoms with van der Waals surface area (Å²) in [4.78, 5) is 11.9. The molecule has 0 spiro atoms. The average Bonchev–Trinajstić information content (AvgIpc) is 2.17. The van der Waals surface area contributed by atoms with Gasteiger partial charge in [-0.2, -0.15) is 0 Å². The molecular formula is C13H24O3. The van der Waals surface area contributed by atoms with Crippen LogP contribution < -0.4 is 0 Å². The van der Waals surface area contributed by atoms with Gasteiger partial charge in [0.25, 0.3) is 0 Å². The Morgan fingerprint density at radius 1 is 1.44 bits per heavy atom. The van der Waals surface area contributed by atoms with Gasteiger partial charge >= 0.3 is 5.97 Å². The zero-order valence-electron chi connectivity index (χ0n) is 11.0. The Morgan fingerprint density at radius 3 is 2.19 bits per heavy atom. The van der Waals surface area contributed by atoms with Crippen LogP contribution in [0.4, 0.5) is 0 Å². The molecule has 3 heteroatoms. The molecule has 0 saturated heterocycles. The van der Waals surface area contributed by atoms with Gasteiger partial charge in [0.1, 0.15) is 0 Å². The van der Waals surface area contributed by atoms with E-state index in [1.165, 1.54) is 6.08 Å². The minimum Gasteiger partial charge on any atom is -0.466 e. The maximum absolute atomic E-state index is 11.9. The molecule has 0 bridgehead atoms. The van der Waals surface area contributed by atoms with Crippen LogP contribution in [-0.4, -0.2) is 23.3 Å². The van der Waals surface area contributed by atoms with E-state index in [1.807, 2.05) is 27.7 Å². The molecule has 0 heterocycles. The molecule has 0 fully saturated rings. The van der Waals surface area contributed by atoms with Crippen molar-refractivity contribution in [2.24, 2.45) is 17.8 Å². The van der Waals surface area contributed by atoms with Crippen molar-refractivity contribution in [1.29, 1.82) is 0 Å². The van der Waals surface area contributed by atoms with Crippen LogP contribution in [0.5, 0.6) is 0 Å². The zero-order chi connectivity index (χ0) is 12.9. The van der Waals surface area contributed by atoms with Gasteiger partial charge in [-0.25, -0.2) is 0 Å². The van der Waals surface area contributed by atoms with Crippen LogP contribution in [-0.2, 0) is 9.53 Å². The number of hydrogen-bond acceptors (Lipinski definition) is 3. The van der Waals surface area contributed by atoms with E-state index < -0.39 is 11.5 Å². The van der Waals surface area contributed by atoms with Crippen molar-refractivity contribution in [3.8, 4) is 0 Å². The number of aliphatic hydroxyl groups is 1. The van der Waals surface area contributed by atoms with E-state index in [1.54, 1.807) is 6.92 Å². The second kappa shape index (κ2) is 6.04. The lowest BCUT2D eigenvalue weighted by Gasteiger charge is -2.37. The first-order chi connectivity index (χ1) is 7.31. The highest BCUT2D eigenvalue weighted by molar-refractivity contribution is 5.74. The predicted octanol–water partition coefficient (Wildman–Crippen LogP) is 2.39. The van der Waals surface area contributed by atoms with E-state index in [0.717, 1.165) is 0 Å². The smallest absolute Gasteiger partial charge is 0.312 e. The molecule has 0 aliphatic carbocycles. The molecule has 2 unspecified atom stereocenters. The lowest BCUT2D eigenvalue weighted by molar-refractivity contribution is -0.161. The molecule has 3 nitrogen and oxygen atoms in total. The fourth-order valence-electron chi connectivity index (χ4n) is 1.95. The van der Waals surface area contributed by atoms with Crippen LogP contribution in [0.25, 0.3) is 0 Å². The molecule has 0 saturated carbocycles. The monoisotopic (exact) mass is 228 g/mol. The van der Waals surface area contributed by atoms with Crippen molar-refractivity contribution in [2.75, 3.05) is 6.61 Å². The van der Waals surface area contributed by atoms with E-state index in [4.69, 9.17) is 4.74 Å². The summed E-state index contributed by atoms with van der Waals surface area (Å²) in [5, 5.41) is 10.5. The Hall–Kier alpha value is -0.830. The predicted molar refractivity (Wildman–Crippen MR) is 64.9 cm³/mol. The highest BCUT2D eigenvalue weighted by atomic mass is 16.5. The Bertz CT molecular complexity index is 246. The number of rotatable bonds is 6. The fraction of sp³-hybridized carbons (Fsp3) is 0.769. The third-order valence-electron chi connectivity index (χ3n) is 2.96. The van der Waals surface area contributed by atoms with Gasteiger partial charge in [-0.15, -0.1) is 6.58 Å². The quantitative estimate of drug-likeness (QED) is 0.561. The maximum Gasteiger partial charge on any atom is 0.312 e. The summed E-state index contributed by atoms with van der Waals surface area (Å²) >= 11 is 0. The molecule has 16 heavy (non-hydrogen) atoms. The summed E-state index contributed by atoms with van der Waals surface area (Å²) in [6.07, 6.45) is 1.46. The Balaban J connectivity index is 5.17. The molecule has 0 rings (SSSR count). The molecule has 0 aliphatic heterocycles. The Kier molecular flexibility index (Phi) is 5.73. The van der Waals surface area contributed by atoms with Gasteiger partial charge in [0, 0.05) is 0 Å². The molecule has 2 atom stereocenters. The van der Waals surface area contributed by atoms with Crippen molar-refractivity contribution in [3.63, 3.8) is 0 Å². The van der Waals surface area contributed by atoms with Crippen molar-refractivity contribution in [1.82, 2.24) is 0 Å². The Morgan fingerprint density at radius 2 is 1.94 bits per heavy atom. The molecule has 0 aliphatic rings. The van der Waals surface area contributed by atoms with Crippen LogP contribution >= 0.6 is 0 Å². The van der Waals surface area contributed by atoms with Crippen LogP contribution in [0, 0.1) is 17.8 Å². The van der Waals surface area contributed by atoms with E-state index in [0.29, 0.717) is 6.61 Å². The maximum atomic E-state index is 11.9. The van der Waals surface area contributed by atoms with Crippen LogP contribution in [0.2, 0.25) is 0 Å². The highest BCUT2D eigenvalue weighted by Crippen LogP contribution is 2.33. The number of ether oxygens (including phenoxy) is 1. The number of esters is 1. The fourth-order valence-corrected chi connectivity index (χ4v) is 1.95. The first-order valence-electron chi connectivity index (χ1n) is 5.83. The normalized spacial score (nSPS) is 17.0. The molecule has 1 N–H and O–H groups in total. The summed E-state index contributed by atoms with van der Waals surface area (Å²) in [5.41, 5.74) is -1.21. The van der Waals surface area contributed by atoms with Gasteiger partial charge in [-0.1, -0.05) is 33.8 Å². The van der Waals surface area contributed by atoms with Crippen molar-refractivity contribution in [3.05, 3.63) is 12.7 Å². The van der Waals surface area contributed by atoms with Crippen molar-refractivity contribution < 1.29 is 14.6 Å². The first-order valence-corrected chi connectivity index (χ1v) is 5.83. The van der Waals surface area contributed by atoms with Gasteiger partial charge in [-0.05, 0) is 18.8 Å². The largest absolute Gasteiger partial charge is 0.466 e. The van der Waals surface area contributed by atoms with Gasteiger partial charge in [0.05, 0.1) is 18.1 Å². The third kappa shape index (κ3) is 3.08. The summed E-state index contributed by atoms with van der Waals surface area (Å²) < 4.78 is 5.02. The summed E-state index contributed by atoms with van der Waals surface area (Å²) in [6.45, 7) is 13.3. The molecule has 0 aromatic rings. The second-order valence-electron chi connectivity index (χ2n) is 4.72. The van der Waals surface area contributed by atoms with E-state index in [2.05, 4.69) is 6.58 Å². The van der Waals surface area contributed by atoms with Gasteiger partial charge in [0.15, 0.2) is 0 Å². The van der Waals surface area contributed by atoms with Crippen LogP contribution in [0.15, 0.2) is 12.7 Å². The zero-order valence-corrected chi connectivity index (χ0v) is 11.0. The molecule has 0 radical (unpaired) electrons. The SMILES string of the molecule is C=CC(O)(C(C)C)C(C(=O)OCC)C(C)C. The van der Waals surface area contributed by atoms with E-state index in [9.17, 15) is 9.90 Å². The topological polar surface area (TPSA) is 46.5 Å². The van der Waals surface area contributed by atoms with Crippen molar-refractivity contribution >= 4 is 5.97 Å². The number of hydrogen-bond donors (Lipinski definition) is 1. The summed E-state index contributed by atoms with van der Waals surface area (Å²) in [5.74, 6) is -0.996. The van der Waals surface area contributed by atoms with Gasteiger partial charge < -0.3 is 9.84 Å². The van der Waals surface area contributed by atoms with E-state index in [-0.39, 0.29) is 17.8 Å². The standard InChI is InChI=1S/C13H24O3/c1-7-13(15,10(5)6)11(9(3)4)12(14)16-8-2/h7,9-11,15H,1,8H2,2-6H3. The Labute approximate surface area is 98.5 Å². The molecule has 0 aromatic carbocycles. The molecular weight excluding hydrogens is 204 g/mol. The minimum atomic E-state index is -1.21.